The fourth-order valence-corrected chi connectivity index (χ4v) is 3.74. The number of carbonyl (C=O) groups is 2. The number of carboxylic acids is 1. The standard InChI is InChI=1S/C15H18ClNO4S/c1-15(2,3)21-14(20)17-11(13(18)19)8-22-12(17)9-5-4-6-10(16)7-9/h4-7,11-12H,8H2,1-3H3,(H,18,19)/p-1/t11-,12-/m0/s1. The number of amides is 1. The first-order valence-corrected chi connectivity index (χ1v) is 8.21. The smallest absolute Gasteiger partial charge is 0.412 e. The number of rotatable bonds is 2. The Labute approximate surface area is 138 Å². The van der Waals surface area contributed by atoms with Crippen molar-refractivity contribution in [3.8, 4) is 0 Å². The van der Waals surface area contributed by atoms with E-state index in [0.717, 1.165) is 5.56 Å². The second-order valence-electron chi connectivity index (χ2n) is 5.96. The Morgan fingerprint density at radius 3 is 2.64 bits per heavy atom. The molecule has 7 heteroatoms. The van der Waals surface area contributed by atoms with Gasteiger partial charge in [0, 0.05) is 10.8 Å². The van der Waals surface area contributed by atoms with Gasteiger partial charge in [-0.3, -0.25) is 4.90 Å². The Bertz CT molecular complexity index is 587. The van der Waals surface area contributed by atoms with Crippen LogP contribution in [-0.2, 0) is 9.53 Å². The van der Waals surface area contributed by atoms with Crippen molar-refractivity contribution in [3.05, 3.63) is 34.9 Å². The monoisotopic (exact) mass is 342 g/mol. The van der Waals surface area contributed by atoms with Gasteiger partial charge in [0.1, 0.15) is 11.0 Å². The lowest BCUT2D eigenvalue weighted by molar-refractivity contribution is -0.310. The van der Waals surface area contributed by atoms with E-state index < -0.39 is 29.1 Å². The molecule has 0 unspecified atom stereocenters. The van der Waals surface area contributed by atoms with E-state index in [1.54, 1.807) is 45.0 Å². The number of hydrogen-bond acceptors (Lipinski definition) is 5. The molecule has 22 heavy (non-hydrogen) atoms. The first-order chi connectivity index (χ1) is 10.2. The number of halogens is 1. The van der Waals surface area contributed by atoms with Gasteiger partial charge < -0.3 is 14.6 Å². The Morgan fingerprint density at radius 2 is 2.09 bits per heavy atom. The summed E-state index contributed by atoms with van der Waals surface area (Å²) in [5.74, 6) is -1.04. The maximum absolute atomic E-state index is 12.4. The highest BCUT2D eigenvalue weighted by Gasteiger charge is 2.41. The molecule has 0 aliphatic carbocycles. The van der Waals surface area contributed by atoms with Gasteiger partial charge in [0.2, 0.25) is 0 Å². The zero-order chi connectivity index (χ0) is 16.5. The summed E-state index contributed by atoms with van der Waals surface area (Å²) in [5.41, 5.74) is 0.0480. The van der Waals surface area contributed by atoms with Gasteiger partial charge in [-0.05, 0) is 38.5 Å². The number of nitrogens with zero attached hydrogens (tertiary/aromatic N) is 1. The summed E-state index contributed by atoms with van der Waals surface area (Å²) in [6, 6.07) is 5.98. The zero-order valence-corrected chi connectivity index (χ0v) is 14.1. The van der Waals surface area contributed by atoms with E-state index in [1.165, 1.54) is 16.7 Å². The Morgan fingerprint density at radius 1 is 1.41 bits per heavy atom. The number of hydrogen-bond donors (Lipinski definition) is 0. The van der Waals surface area contributed by atoms with Gasteiger partial charge in [0.05, 0.1) is 12.0 Å². The van der Waals surface area contributed by atoms with Crippen LogP contribution in [0.15, 0.2) is 24.3 Å². The molecule has 0 bridgehead atoms. The van der Waals surface area contributed by atoms with E-state index >= 15 is 0 Å². The molecule has 0 N–H and O–H groups in total. The number of ether oxygens (including phenoxy) is 1. The van der Waals surface area contributed by atoms with Crippen molar-refractivity contribution in [2.24, 2.45) is 0 Å². The maximum Gasteiger partial charge on any atom is 0.412 e. The summed E-state index contributed by atoms with van der Waals surface area (Å²) in [4.78, 5) is 25.0. The van der Waals surface area contributed by atoms with E-state index in [-0.39, 0.29) is 5.75 Å². The quantitative estimate of drug-likeness (QED) is 0.825. The third-order valence-corrected chi connectivity index (χ3v) is 4.57. The highest BCUT2D eigenvalue weighted by atomic mass is 35.5. The minimum Gasteiger partial charge on any atom is -0.548 e. The molecule has 1 aromatic carbocycles. The molecule has 1 heterocycles. The van der Waals surface area contributed by atoms with Crippen molar-refractivity contribution < 1.29 is 19.4 Å². The molecule has 0 saturated carbocycles. The molecule has 0 aromatic heterocycles. The average Bonchev–Trinajstić information content (AvgIpc) is 2.81. The molecule has 120 valence electrons. The van der Waals surface area contributed by atoms with Gasteiger partial charge in [-0.1, -0.05) is 23.7 Å². The van der Waals surface area contributed by atoms with Crippen molar-refractivity contribution in [2.75, 3.05) is 5.75 Å². The first-order valence-electron chi connectivity index (χ1n) is 6.78. The van der Waals surface area contributed by atoms with Crippen molar-refractivity contribution >= 4 is 35.4 Å². The summed E-state index contributed by atoms with van der Waals surface area (Å²) in [5, 5.41) is 11.4. The van der Waals surface area contributed by atoms with Crippen molar-refractivity contribution in [1.29, 1.82) is 0 Å². The summed E-state index contributed by atoms with van der Waals surface area (Å²) >= 11 is 7.33. The molecule has 1 amide bonds. The number of carbonyl (C=O) groups excluding carboxylic acids is 2. The van der Waals surface area contributed by atoms with Crippen molar-refractivity contribution in [3.63, 3.8) is 0 Å². The normalized spacial score (nSPS) is 21.7. The van der Waals surface area contributed by atoms with Gasteiger partial charge in [0.15, 0.2) is 0 Å². The van der Waals surface area contributed by atoms with Gasteiger partial charge in [0.25, 0.3) is 0 Å². The largest absolute Gasteiger partial charge is 0.548 e. The van der Waals surface area contributed by atoms with Crippen LogP contribution < -0.4 is 5.11 Å². The van der Waals surface area contributed by atoms with Crippen LogP contribution in [0.25, 0.3) is 0 Å². The lowest BCUT2D eigenvalue weighted by atomic mass is 10.2. The number of benzene rings is 1. The predicted octanol–water partition coefficient (Wildman–Crippen LogP) is 2.44. The summed E-state index contributed by atoms with van der Waals surface area (Å²) in [6.45, 7) is 5.20. The van der Waals surface area contributed by atoms with E-state index in [0.29, 0.717) is 5.02 Å². The third-order valence-electron chi connectivity index (χ3n) is 3.01. The molecule has 2 rings (SSSR count). The van der Waals surface area contributed by atoms with Crippen molar-refractivity contribution in [2.45, 2.75) is 37.8 Å². The Balaban J connectivity index is 2.32. The summed E-state index contributed by atoms with van der Waals surface area (Å²) < 4.78 is 5.33. The molecule has 1 fully saturated rings. The van der Waals surface area contributed by atoms with E-state index in [2.05, 4.69) is 0 Å². The Hall–Kier alpha value is -1.40. The third kappa shape index (κ3) is 3.87. The molecule has 1 aliphatic heterocycles. The molecule has 5 nitrogen and oxygen atoms in total. The molecule has 2 atom stereocenters. The van der Waals surface area contributed by atoms with Crippen molar-refractivity contribution in [1.82, 2.24) is 4.90 Å². The van der Waals surface area contributed by atoms with Gasteiger partial charge >= 0.3 is 6.09 Å². The van der Waals surface area contributed by atoms with Crippen LogP contribution in [0.5, 0.6) is 0 Å². The van der Waals surface area contributed by atoms with Crippen LogP contribution >= 0.6 is 23.4 Å². The van der Waals surface area contributed by atoms with E-state index in [9.17, 15) is 14.7 Å². The van der Waals surface area contributed by atoms with Crippen LogP contribution in [-0.4, -0.2) is 34.4 Å². The highest BCUT2D eigenvalue weighted by molar-refractivity contribution is 7.99. The average molecular weight is 343 g/mol. The number of carboxylic acid groups (broad SMARTS) is 1. The van der Waals surface area contributed by atoms with E-state index in [1.807, 2.05) is 0 Å². The number of thioether (sulfide) groups is 1. The lowest BCUT2D eigenvalue weighted by Gasteiger charge is -2.32. The second-order valence-corrected chi connectivity index (χ2v) is 7.51. The molecule has 1 aromatic rings. The SMILES string of the molecule is CC(C)(C)OC(=O)N1[C@H](C(=O)[O-])CS[C@H]1c1cccc(Cl)c1. The molecule has 0 spiro atoms. The number of aliphatic carboxylic acids is 1. The van der Waals surface area contributed by atoms with Crippen LogP contribution in [0.4, 0.5) is 4.79 Å². The minimum atomic E-state index is -1.29. The first kappa shape index (κ1) is 17.0. The molecular weight excluding hydrogens is 326 g/mol. The predicted molar refractivity (Wildman–Crippen MR) is 83.5 cm³/mol. The Kier molecular flexibility index (Phi) is 4.92. The molecular formula is C15H17ClNO4S-. The molecule has 0 radical (unpaired) electrons. The van der Waals surface area contributed by atoms with E-state index in [4.69, 9.17) is 16.3 Å². The van der Waals surface area contributed by atoms with Gasteiger partial charge in [-0.25, -0.2) is 4.79 Å². The topological polar surface area (TPSA) is 69.7 Å². The maximum atomic E-state index is 12.4. The fourth-order valence-electron chi connectivity index (χ4n) is 2.14. The van der Waals surface area contributed by atoms with Crippen LogP contribution in [0.1, 0.15) is 31.7 Å². The summed E-state index contributed by atoms with van der Waals surface area (Å²) in [7, 11) is 0. The minimum absolute atomic E-state index is 0.249. The highest BCUT2D eigenvalue weighted by Crippen LogP contribution is 2.42. The fraction of sp³-hybridized carbons (Fsp3) is 0.467. The van der Waals surface area contributed by atoms with Crippen LogP contribution in [0.2, 0.25) is 5.02 Å². The lowest BCUT2D eigenvalue weighted by Crippen LogP contribution is -2.50. The second kappa shape index (κ2) is 6.38. The summed E-state index contributed by atoms with van der Waals surface area (Å²) in [6.07, 6.45) is -0.670. The molecule has 1 saturated heterocycles. The zero-order valence-electron chi connectivity index (χ0n) is 12.5. The van der Waals surface area contributed by atoms with Crippen LogP contribution in [0, 0.1) is 0 Å². The van der Waals surface area contributed by atoms with Gasteiger partial charge in [-0.15, -0.1) is 11.8 Å². The van der Waals surface area contributed by atoms with Crippen LogP contribution in [0.3, 0.4) is 0 Å². The van der Waals surface area contributed by atoms with Gasteiger partial charge in [-0.2, -0.15) is 0 Å². The molecule has 1 aliphatic rings.